The number of nitrogens with two attached hydrogens (primary N) is 2. The molecule has 8 heteroatoms. The molecule has 2 heterocycles. The number of carbonyl (C=O) groups excluding carboxylic acids is 1. The number of nitrogens with zero attached hydrogens (tertiary/aromatic N) is 1. The van der Waals surface area contributed by atoms with Gasteiger partial charge in [0.2, 0.25) is 5.91 Å². The van der Waals surface area contributed by atoms with Crippen LogP contribution in [0.4, 0.5) is 0 Å². The lowest BCUT2D eigenvalue weighted by Crippen LogP contribution is -2.29. The van der Waals surface area contributed by atoms with Gasteiger partial charge >= 0.3 is 0 Å². The molecule has 1 amide bonds. The molecule has 1 aliphatic heterocycles. The fourth-order valence-electron chi connectivity index (χ4n) is 1.92. The normalized spacial score (nSPS) is 21.3. The molecule has 6 nitrogen and oxygen atoms in total. The van der Waals surface area contributed by atoms with E-state index >= 15 is 0 Å². The number of amides is 1. The molecule has 100 valence electrons. The van der Waals surface area contributed by atoms with Crippen LogP contribution in [0.5, 0.6) is 0 Å². The summed E-state index contributed by atoms with van der Waals surface area (Å²) >= 11 is 1.02. The molecule has 1 aromatic rings. The lowest BCUT2D eigenvalue weighted by molar-refractivity contribution is 0.100. The summed E-state index contributed by atoms with van der Waals surface area (Å²) in [6.07, 6.45) is 0.782. The van der Waals surface area contributed by atoms with Gasteiger partial charge in [0.15, 0.2) is 0 Å². The monoisotopic (exact) mass is 289 g/mol. The van der Waals surface area contributed by atoms with Crippen molar-refractivity contribution in [3.63, 3.8) is 0 Å². The number of carbonyl (C=O) groups is 1. The van der Waals surface area contributed by atoms with Gasteiger partial charge in [-0.1, -0.05) is 0 Å². The van der Waals surface area contributed by atoms with E-state index < -0.39 is 15.9 Å². The fraction of sp³-hybridized carbons (Fsp3) is 0.500. The summed E-state index contributed by atoms with van der Waals surface area (Å²) in [6.45, 7) is 1.42. The second-order valence-corrected chi connectivity index (χ2v) is 7.35. The molecule has 1 fully saturated rings. The number of sulfonamides is 1. The lowest BCUT2D eigenvalue weighted by Gasteiger charge is -2.14. The van der Waals surface area contributed by atoms with Crippen LogP contribution >= 0.6 is 11.3 Å². The molecule has 1 atom stereocenters. The van der Waals surface area contributed by atoms with Gasteiger partial charge in [-0.25, -0.2) is 8.42 Å². The third-order valence-corrected chi connectivity index (χ3v) is 6.32. The average molecular weight is 289 g/mol. The van der Waals surface area contributed by atoms with Crippen molar-refractivity contribution in [2.24, 2.45) is 17.4 Å². The molecule has 1 unspecified atom stereocenters. The Morgan fingerprint density at radius 2 is 2.28 bits per heavy atom. The summed E-state index contributed by atoms with van der Waals surface area (Å²) < 4.78 is 26.1. The van der Waals surface area contributed by atoms with E-state index in [-0.39, 0.29) is 15.7 Å². The van der Waals surface area contributed by atoms with Crippen molar-refractivity contribution in [1.82, 2.24) is 4.31 Å². The van der Waals surface area contributed by atoms with Crippen molar-refractivity contribution in [2.75, 3.05) is 19.6 Å². The molecule has 0 aromatic carbocycles. The van der Waals surface area contributed by atoms with Crippen molar-refractivity contribution in [3.8, 4) is 0 Å². The first-order valence-corrected chi connectivity index (χ1v) is 7.85. The summed E-state index contributed by atoms with van der Waals surface area (Å²) in [4.78, 5) is 11.0. The minimum atomic E-state index is -3.51. The highest BCUT2D eigenvalue weighted by molar-refractivity contribution is 7.91. The second kappa shape index (κ2) is 4.96. The summed E-state index contributed by atoms with van der Waals surface area (Å²) in [5, 5.41) is 1.46. The van der Waals surface area contributed by atoms with Crippen LogP contribution in [0.25, 0.3) is 0 Å². The molecule has 4 N–H and O–H groups in total. The van der Waals surface area contributed by atoms with E-state index in [2.05, 4.69) is 0 Å². The van der Waals surface area contributed by atoms with E-state index in [0.717, 1.165) is 17.8 Å². The zero-order chi connectivity index (χ0) is 13.3. The first kappa shape index (κ1) is 13.5. The molecule has 0 bridgehead atoms. The lowest BCUT2D eigenvalue weighted by atomic mass is 10.1. The van der Waals surface area contributed by atoms with Crippen molar-refractivity contribution >= 4 is 27.3 Å². The summed E-state index contributed by atoms with van der Waals surface area (Å²) in [6, 6.07) is 1.33. The Labute approximate surface area is 110 Å². The van der Waals surface area contributed by atoms with Crippen molar-refractivity contribution in [1.29, 1.82) is 0 Å². The second-order valence-electron chi connectivity index (χ2n) is 4.27. The molecule has 18 heavy (non-hydrogen) atoms. The largest absolute Gasteiger partial charge is 0.366 e. The van der Waals surface area contributed by atoms with Crippen LogP contribution in [0.15, 0.2) is 15.7 Å². The van der Waals surface area contributed by atoms with Crippen molar-refractivity contribution in [2.45, 2.75) is 10.6 Å². The maximum absolute atomic E-state index is 12.3. The van der Waals surface area contributed by atoms with Crippen LogP contribution in [0.3, 0.4) is 0 Å². The summed E-state index contributed by atoms with van der Waals surface area (Å²) in [7, 11) is -3.51. The average Bonchev–Trinajstić information content (AvgIpc) is 2.98. The Balaban J connectivity index is 2.23. The van der Waals surface area contributed by atoms with Gasteiger partial charge in [0.05, 0.1) is 5.56 Å². The highest BCUT2D eigenvalue weighted by atomic mass is 32.2. The smallest absolute Gasteiger partial charge is 0.252 e. The maximum atomic E-state index is 12.3. The van der Waals surface area contributed by atoms with E-state index in [4.69, 9.17) is 11.5 Å². The van der Waals surface area contributed by atoms with Gasteiger partial charge in [-0.05, 0) is 24.9 Å². The van der Waals surface area contributed by atoms with Crippen LogP contribution in [0, 0.1) is 5.92 Å². The summed E-state index contributed by atoms with van der Waals surface area (Å²) in [5.74, 6) is -0.399. The Kier molecular flexibility index (Phi) is 3.71. The topological polar surface area (TPSA) is 106 Å². The highest BCUT2D eigenvalue weighted by Crippen LogP contribution is 2.27. The van der Waals surface area contributed by atoms with E-state index in [0.29, 0.717) is 19.6 Å². The van der Waals surface area contributed by atoms with Crippen molar-refractivity contribution < 1.29 is 13.2 Å². The zero-order valence-electron chi connectivity index (χ0n) is 9.70. The van der Waals surface area contributed by atoms with Gasteiger partial charge in [0, 0.05) is 18.5 Å². The van der Waals surface area contributed by atoms with Gasteiger partial charge in [0.1, 0.15) is 4.21 Å². The van der Waals surface area contributed by atoms with Crippen LogP contribution in [-0.2, 0) is 10.0 Å². The molecule has 0 radical (unpaired) electrons. The van der Waals surface area contributed by atoms with Crippen LogP contribution < -0.4 is 11.5 Å². The fourth-order valence-corrected chi connectivity index (χ4v) is 4.77. The SMILES string of the molecule is NCC1CCN(S(=O)(=O)c2cc(C(N)=O)cs2)C1. The van der Waals surface area contributed by atoms with E-state index in [9.17, 15) is 13.2 Å². The number of hydrogen-bond donors (Lipinski definition) is 2. The van der Waals surface area contributed by atoms with Crippen molar-refractivity contribution in [3.05, 3.63) is 17.0 Å². The first-order valence-electron chi connectivity index (χ1n) is 5.53. The minimum Gasteiger partial charge on any atom is -0.366 e. The zero-order valence-corrected chi connectivity index (χ0v) is 11.3. The molecule has 1 saturated heterocycles. The Bertz CT molecular complexity index is 552. The predicted molar refractivity (Wildman–Crippen MR) is 68.8 cm³/mol. The van der Waals surface area contributed by atoms with Gasteiger partial charge in [-0.3, -0.25) is 4.79 Å². The van der Waals surface area contributed by atoms with E-state index in [1.807, 2.05) is 0 Å². The number of thiophene rings is 1. The molecule has 1 aromatic heterocycles. The Hall–Kier alpha value is -0.960. The molecular formula is C10H15N3O3S2. The standard InChI is InChI=1S/C10H15N3O3S2/c11-4-7-1-2-13(5-7)18(15,16)9-3-8(6-17-9)10(12)14/h3,6-7H,1-2,4-5,11H2,(H2,12,14). The van der Waals surface area contributed by atoms with Gasteiger partial charge in [0.25, 0.3) is 10.0 Å². The van der Waals surface area contributed by atoms with E-state index in [1.54, 1.807) is 0 Å². The van der Waals surface area contributed by atoms with Crippen LogP contribution in [-0.4, -0.2) is 38.3 Å². The maximum Gasteiger partial charge on any atom is 0.252 e. The third-order valence-electron chi connectivity index (χ3n) is 3.04. The first-order chi connectivity index (χ1) is 8.45. The number of primary amides is 1. The Morgan fingerprint density at radius 1 is 1.56 bits per heavy atom. The van der Waals surface area contributed by atoms with Gasteiger partial charge in [-0.15, -0.1) is 11.3 Å². The third kappa shape index (κ3) is 2.41. The number of rotatable bonds is 4. The summed E-state index contributed by atoms with van der Waals surface area (Å²) in [5.41, 5.74) is 10.9. The van der Waals surface area contributed by atoms with Crippen LogP contribution in [0.2, 0.25) is 0 Å². The van der Waals surface area contributed by atoms with Gasteiger partial charge < -0.3 is 11.5 Å². The molecule has 2 rings (SSSR count). The molecule has 0 spiro atoms. The van der Waals surface area contributed by atoms with E-state index in [1.165, 1.54) is 15.8 Å². The quantitative estimate of drug-likeness (QED) is 0.801. The Morgan fingerprint density at radius 3 is 2.78 bits per heavy atom. The molecule has 1 aliphatic rings. The number of hydrogen-bond acceptors (Lipinski definition) is 5. The minimum absolute atomic E-state index is 0.161. The highest BCUT2D eigenvalue weighted by Gasteiger charge is 2.33. The van der Waals surface area contributed by atoms with Crippen LogP contribution in [0.1, 0.15) is 16.8 Å². The molecule has 0 saturated carbocycles. The molecular weight excluding hydrogens is 274 g/mol. The van der Waals surface area contributed by atoms with Gasteiger partial charge in [-0.2, -0.15) is 4.31 Å². The predicted octanol–water partition coefficient (Wildman–Crippen LogP) is -0.184. The molecule has 0 aliphatic carbocycles.